The van der Waals surface area contributed by atoms with Gasteiger partial charge in [-0.15, -0.1) is 0 Å². The Hall–Kier alpha value is -2.63. The van der Waals surface area contributed by atoms with Crippen molar-refractivity contribution < 1.29 is 4.79 Å². The van der Waals surface area contributed by atoms with E-state index < -0.39 is 0 Å². The van der Waals surface area contributed by atoms with Crippen LogP contribution >= 0.6 is 0 Å². The molecule has 1 aliphatic heterocycles. The van der Waals surface area contributed by atoms with E-state index in [-0.39, 0.29) is 5.91 Å². The van der Waals surface area contributed by atoms with Crippen LogP contribution in [0.25, 0.3) is 0 Å². The van der Waals surface area contributed by atoms with E-state index >= 15 is 0 Å². The van der Waals surface area contributed by atoms with Crippen LogP contribution < -0.4 is 15.5 Å². The molecule has 1 saturated heterocycles. The number of nitrogens with zero attached hydrogens (tertiary/aromatic N) is 3. The van der Waals surface area contributed by atoms with Gasteiger partial charge in [0, 0.05) is 42.6 Å². The quantitative estimate of drug-likeness (QED) is 0.836. The maximum atomic E-state index is 11.6. The van der Waals surface area contributed by atoms with Crippen LogP contribution in [-0.2, 0) is 4.79 Å². The normalized spacial score (nSPS) is 13.8. The van der Waals surface area contributed by atoms with Gasteiger partial charge in [-0.25, -0.2) is 4.98 Å². The summed E-state index contributed by atoms with van der Waals surface area (Å²) in [6.07, 6.45) is 3.79. The van der Waals surface area contributed by atoms with Crippen LogP contribution in [0.15, 0.2) is 30.3 Å². The van der Waals surface area contributed by atoms with Gasteiger partial charge in [0.15, 0.2) is 0 Å². The van der Waals surface area contributed by atoms with E-state index in [9.17, 15) is 4.79 Å². The predicted octanol–water partition coefficient (Wildman–Crippen LogP) is 3.87. The number of amides is 1. The molecule has 3 rings (SSSR count). The summed E-state index contributed by atoms with van der Waals surface area (Å²) in [5, 5.41) is 6.21. The minimum Gasteiger partial charge on any atom is -0.341 e. The first-order valence-corrected chi connectivity index (χ1v) is 8.91. The Labute approximate surface area is 148 Å². The Kier molecular flexibility index (Phi) is 5.48. The third kappa shape index (κ3) is 4.68. The minimum atomic E-state index is 0.0462. The fraction of sp³-hybridized carbons (Fsp3) is 0.421. The van der Waals surface area contributed by atoms with Crippen molar-refractivity contribution in [1.82, 2.24) is 9.97 Å². The zero-order valence-electron chi connectivity index (χ0n) is 14.9. The maximum absolute atomic E-state index is 11.6. The van der Waals surface area contributed by atoms with Gasteiger partial charge < -0.3 is 15.5 Å². The molecule has 0 spiro atoms. The Morgan fingerprint density at radius 2 is 1.80 bits per heavy atom. The van der Waals surface area contributed by atoms with Crippen LogP contribution in [0.2, 0.25) is 0 Å². The Morgan fingerprint density at radius 3 is 2.48 bits per heavy atom. The number of benzene rings is 1. The molecule has 0 bridgehead atoms. The summed E-state index contributed by atoms with van der Waals surface area (Å²) in [5.74, 6) is 1.63. The standard InChI is InChI=1S/C19H25N5O/c1-3-6-18(25)22-16-9-7-15(8-10-16)21-17-13-14(2)20-19(23-17)24-11-4-5-12-24/h7-10,13H,3-6,11-12H2,1-2H3,(H,22,25)(H,20,21,23). The lowest BCUT2D eigenvalue weighted by Gasteiger charge is -2.17. The average molecular weight is 339 g/mol. The van der Waals surface area contributed by atoms with E-state index in [0.717, 1.165) is 48.3 Å². The number of hydrogen-bond acceptors (Lipinski definition) is 5. The van der Waals surface area contributed by atoms with Gasteiger partial charge in [0.2, 0.25) is 11.9 Å². The highest BCUT2D eigenvalue weighted by atomic mass is 16.1. The molecule has 0 atom stereocenters. The van der Waals surface area contributed by atoms with Gasteiger partial charge in [0.1, 0.15) is 5.82 Å². The number of carbonyl (C=O) groups is 1. The van der Waals surface area contributed by atoms with E-state index in [1.807, 2.05) is 44.2 Å². The second-order valence-corrected chi connectivity index (χ2v) is 6.39. The summed E-state index contributed by atoms with van der Waals surface area (Å²) in [6.45, 7) is 6.02. The van der Waals surface area contributed by atoms with Crippen molar-refractivity contribution in [1.29, 1.82) is 0 Å². The molecule has 1 aliphatic rings. The molecule has 0 unspecified atom stereocenters. The SMILES string of the molecule is CCCC(=O)Nc1ccc(Nc2cc(C)nc(N3CCCC3)n2)cc1. The van der Waals surface area contributed by atoms with Gasteiger partial charge in [-0.3, -0.25) is 4.79 Å². The van der Waals surface area contributed by atoms with Crippen LogP contribution in [0.4, 0.5) is 23.1 Å². The van der Waals surface area contributed by atoms with Crippen LogP contribution in [0.5, 0.6) is 0 Å². The smallest absolute Gasteiger partial charge is 0.227 e. The van der Waals surface area contributed by atoms with E-state index in [1.165, 1.54) is 12.8 Å². The third-order valence-electron chi connectivity index (χ3n) is 4.15. The Balaban J connectivity index is 1.68. The third-order valence-corrected chi connectivity index (χ3v) is 4.15. The van der Waals surface area contributed by atoms with Gasteiger partial charge >= 0.3 is 0 Å². The van der Waals surface area contributed by atoms with Crippen LogP contribution in [0, 0.1) is 6.92 Å². The van der Waals surface area contributed by atoms with Gasteiger partial charge in [-0.2, -0.15) is 4.98 Å². The molecule has 0 saturated carbocycles. The molecule has 1 fully saturated rings. The van der Waals surface area contributed by atoms with Crippen molar-refractivity contribution in [3.05, 3.63) is 36.0 Å². The molecular formula is C19H25N5O. The first kappa shape index (κ1) is 17.2. The Morgan fingerprint density at radius 1 is 1.12 bits per heavy atom. The molecule has 2 aromatic rings. The average Bonchev–Trinajstić information content (AvgIpc) is 3.11. The zero-order valence-corrected chi connectivity index (χ0v) is 14.9. The second-order valence-electron chi connectivity index (χ2n) is 6.39. The van der Waals surface area contributed by atoms with Crippen molar-refractivity contribution in [3.63, 3.8) is 0 Å². The van der Waals surface area contributed by atoms with Crippen molar-refractivity contribution in [2.75, 3.05) is 28.6 Å². The lowest BCUT2D eigenvalue weighted by Crippen LogP contribution is -2.21. The minimum absolute atomic E-state index is 0.0462. The molecule has 25 heavy (non-hydrogen) atoms. The fourth-order valence-corrected chi connectivity index (χ4v) is 2.91. The molecule has 6 heteroatoms. The van der Waals surface area contributed by atoms with Crippen molar-refractivity contribution in [2.45, 2.75) is 39.5 Å². The largest absolute Gasteiger partial charge is 0.341 e. The van der Waals surface area contributed by atoms with E-state index in [4.69, 9.17) is 0 Å². The molecule has 2 N–H and O–H groups in total. The van der Waals surface area contributed by atoms with Crippen molar-refractivity contribution in [3.8, 4) is 0 Å². The van der Waals surface area contributed by atoms with Crippen molar-refractivity contribution >= 4 is 29.0 Å². The highest BCUT2D eigenvalue weighted by Gasteiger charge is 2.16. The number of aryl methyl sites for hydroxylation is 1. The van der Waals surface area contributed by atoms with Gasteiger partial charge in [-0.05, 0) is 50.5 Å². The van der Waals surface area contributed by atoms with Crippen LogP contribution in [0.3, 0.4) is 0 Å². The lowest BCUT2D eigenvalue weighted by atomic mass is 10.2. The van der Waals surface area contributed by atoms with Crippen LogP contribution in [-0.4, -0.2) is 29.0 Å². The highest BCUT2D eigenvalue weighted by molar-refractivity contribution is 5.90. The number of anilines is 4. The molecule has 1 aromatic carbocycles. The monoisotopic (exact) mass is 339 g/mol. The highest BCUT2D eigenvalue weighted by Crippen LogP contribution is 2.22. The van der Waals surface area contributed by atoms with Crippen LogP contribution in [0.1, 0.15) is 38.3 Å². The summed E-state index contributed by atoms with van der Waals surface area (Å²) in [6, 6.07) is 9.61. The second kappa shape index (κ2) is 7.96. The molecule has 6 nitrogen and oxygen atoms in total. The van der Waals surface area contributed by atoms with E-state index in [1.54, 1.807) is 0 Å². The molecule has 2 heterocycles. The summed E-state index contributed by atoms with van der Waals surface area (Å²) >= 11 is 0. The topological polar surface area (TPSA) is 70.2 Å². The van der Waals surface area contributed by atoms with E-state index in [2.05, 4.69) is 25.5 Å². The summed E-state index contributed by atoms with van der Waals surface area (Å²) in [5.41, 5.74) is 2.68. The first-order chi connectivity index (χ1) is 12.1. The summed E-state index contributed by atoms with van der Waals surface area (Å²) in [4.78, 5) is 23.1. The van der Waals surface area contributed by atoms with Crippen molar-refractivity contribution in [2.24, 2.45) is 0 Å². The predicted molar refractivity (Wildman–Crippen MR) is 101 cm³/mol. The van der Waals surface area contributed by atoms with Gasteiger partial charge in [-0.1, -0.05) is 6.92 Å². The lowest BCUT2D eigenvalue weighted by molar-refractivity contribution is -0.116. The number of carbonyl (C=O) groups excluding carboxylic acids is 1. The first-order valence-electron chi connectivity index (χ1n) is 8.91. The van der Waals surface area contributed by atoms with Gasteiger partial charge in [0.25, 0.3) is 0 Å². The fourth-order valence-electron chi connectivity index (χ4n) is 2.91. The summed E-state index contributed by atoms with van der Waals surface area (Å²) in [7, 11) is 0. The molecule has 0 radical (unpaired) electrons. The molecule has 132 valence electrons. The number of hydrogen-bond donors (Lipinski definition) is 2. The van der Waals surface area contributed by atoms with Gasteiger partial charge in [0.05, 0.1) is 0 Å². The Bertz CT molecular complexity index is 723. The molecule has 1 aromatic heterocycles. The van der Waals surface area contributed by atoms with E-state index in [0.29, 0.717) is 6.42 Å². The maximum Gasteiger partial charge on any atom is 0.227 e. The zero-order chi connectivity index (χ0) is 17.6. The summed E-state index contributed by atoms with van der Waals surface area (Å²) < 4.78 is 0. The number of aromatic nitrogens is 2. The molecule has 0 aliphatic carbocycles. The molecule has 1 amide bonds. The molecular weight excluding hydrogens is 314 g/mol. The number of nitrogens with one attached hydrogen (secondary N) is 2. The number of rotatable bonds is 6.